The van der Waals surface area contributed by atoms with E-state index >= 15 is 0 Å². The van der Waals surface area contributed by atoms with Crippen LogP contribution in [-0.4, -0.2) is 30.6 Å². The first-order valence-electron chi connectivity index (χ1n) is 8.95. The number of rotatable bonds is 5. The second-order valence-electron chi connectivity index (χ2n) is 6.64. The van der Waals surface area contributed by atoms with Gasteiger partial charge in [0.1, 0.15) is 11.1 Å². The van der Waals surface area contributed by atoms with E-state index in [1.54, 1.807) is 0 Å². The van der Waals surface area contributed by atoms with Crippen LogP contribution < -0.4 is 10.6 Å². The number of hydrogen-bond donors (Lipinski definition) is 2. The number of anilines is 1. The van der Waals surface area contributed by atoms with E-state index < -0.39 is 0 Å². The van der Waals surface area contributed by atoms with E-state index in [4.69, 9.17) is 4.74 Å². The smallest absolute Gasteiger partial charge is 0.254 e. The molecule has 2 heterocycles. The molecule has 1 saturated carbocycles. The molecule has 1 aliphatic carbocycles. The number of carbonyl (C=O) groups excluding carboxylic acids is 2. The molecule has 1 aromatic heterocycles. The van der Waals surface area contributed by atoms with Crippen LogP contribution in [0.25, 0.3) is 0 Å². The van der Waals surface area contributed by atoms with E-state index in [1.807, 2.05) is 13.8 Å². The SMILES string of the molecule is CCc1c(C)sc(NC(=O)[C@H]2CCCO2)c1C(=O)NC1CCCC1. The van der Waals surface area contributed by atoms with Crippen molar-refractivity contribution in [3.8, 4) is 0 Å². The van der Waals surface area contributed by atoms with Crippen molar-refractivity contribution >= 4 is 28.2 Å². The Balaban J connectivity index is 1.79. The van der Waals surface area contributed by atoms with Crippen molar-refractivity contribution in [2.24, 2.45) is 0 Å². The maximum Gasteiger partial charge on any atom is 0.254 e. The second-order valence-corrected chi connectivity index (χ2v) is 7.86. The number of thiophene rings is 1. The molecule has 0 bridgehead atoms. The Morgan fingerprint density at radius 3 is 2.58 bits per heavy atom. The zero-order valence-electron chi connectivity index (χ0n) is 14.4. The van der Waals surface area contributed by atoms with Gasteiger partial charge < -0.3 is 15.4 Å². The van der Waals surface area contributed by atoms with Gasteiger partial charge in [0, 0.05) is 17.5 Å². The maximum atomic E-state index is 12.8. The molecular formula is C18H26N2O3S. The van der Waals surface area contributed by atoms with Crippen molar-refractivity contribution in [1.82, 2.24) is 5.32 Å². The Hall–Kier alpha value is -1.40. The molecule has 1 aromatic rings. The number of amides is 2. The molecule has 5 nitrogen and oxygen atoms in total. The van der Waals surface area contributed by atoms with Crippen molar-refractivity contribution < 1.29 is 14.3 Å². The first kappa shape index (κ1) is 17.4. The normalized spacial score (nSPS) is 21.2. The molecule has 0 unspecified atom stereocenters. The van der Waals surface area contributed by atoms with Crippen molar-refractivity contribution in [3.63, 3.8) is 0 Å². The summed E-state index contributed by atoms with van der Waals surface area (Å²) in [5.41, 5.74) is 1.69. The van der Waals surface area contributed by atoms with Gasteiger partial charge in [-0.1, -0.05) is 19.8 Å². The summed E-state index contributed by atoms with van der Waals surface area (Å²) in [7, 11) is 0. The van der Waals surface area contributed by atoms with Gasteiger partial charge in [-0.05, 0) is 44.6 Å². The van der Waals surface area contributed by atoms with Gasteiger partial charge in [-0.2, -0.15) is 0 Å². The van der Waals surface area contributed by atoms with Crippen molar-refractivity contribution in [3.05, 3.63) is 16.0 Å². The maximum absolute atomic E-state index is 12.8. The average molecular weight is 350 g/mol. The zero-order chi connectivity index (χ0) is 17.1. The lowest BCUT2D eigenvalue weighted by molar-refractivity contribution is -0.124. The van der Waals surface area contributed by atoms with Gasteiger partial charge >= 0.3 is 0 Å². The molecule has 2 amide bonds. The summed E-state index contributed by atoms with van der Waals surface area (Å²) < 4.78 is 5.45. The molecule has 6 heteroatoms. The van der Waals surface area contributed by atoms with Gasteiger partial charge in [-0.25, -0.2) is 0 Å². The number of aryl methyl sites for hydroxylation is 1. The lowest BCUT2D eigenvalue weighted by Crippen LogP contribution is -2.34. The van der Waals surface area contributed by atoms with Crippen LogP contribution in [0.4, 0.5) is 5.00 Å². The fourth-order valence-electron chi connectivity index (χ4n) is 3.64. The Kier molecular flexibility index (Phi) is 5.56. The lowest BCUT2D eigenvalue weighted by atomic mass is 10.1. The summed E-state index contributed by atoms with van der Waals surface area (Å²) in [4.78, 5) is 26.3. The highest BCUT2D eigenvalue weighted by atomic mass is 32.1. The van der Waals surface area contributed by atoms with Crippen LogP contribution in [0, 0.1) is 6.92 Å². The fraction of sp³-hybridized carbons (Fsp3) is 0.667. The van der Waals surface area contributed by atoms with Gasteiger partial charge in [-0.15, -0.1) is 11.3 Å². The minimum atomic E-state index is -0.386. The standard InChI is InChI=1S/C18H26N2O3S/c1-3-13-11(2)24-18(20-16(21)14-9-6-10-23-14)15(13)17(22)19-12-7-4-5-8-12/h12,14H,3-10H2,1-2H3,(H,19,22)(H,20,21)/t14-/m1/s1. The van der Waals surface area contributed by atoms with Crippen LogP contribution in [0.1, 0.15) is 66.2 Å². The zero-order valence-corrected chi connectivity index (χ0v) is 15.3. The first-order chi connectivity index (χ1) is 11.6. The van der Waals surface area contributed by atoms with E-state index in [2.05, 4.69) is 10.6 Å². The topological polar surface area (TPSA) is 67.4 Å². The summed E-state index contributed by atoms with van der Waals surface area (Å²) in [6.07, 6.45) is 6.52. The molecule has 0 spiro atoms. The molecule has 2 fully saturated rings. The minimum absolute atomic E-state index is 0.0502. The van der Waals surface area contributed by atoms with E-state index in [-0.39, 0.29) is 24.0 Å². The molecule has 0 aromatic carbocycles. The Morgan fingerprint density at radius 1 is 1.21 bits per heavy atom. The Morgan fingerprint density at radius 2 is 1.96 bits per heavy atom. The molecule has 132 valence electrons. The summed E-state index contributed by atoms with van der Waals surface area (Å²) in [6, 6.07) is 0.268. The average Bonchev–Trinajstić information content (AvgIpc) is 3.27. The number of carbonyl (C=O) groups is 2. The number of ether oxygens (including phenoxy) is 1. The van der Waals surface area contributed by atoms with Crippen molar-refractivity contribution in [2.45, 2.75) is 70.9 Å². The summed E-state index contributed by atoms with van der Waals surface area (Å²) in [5, 5.41) is 6.77. The highest BCUT2D eigenvalue weighted by Crippen LogP contribution is 2.34. The summed E-state index contributed by atoms with van der Waals surface area (Å²) in [5.74, 6) is -0.183. The van der Waals surface area contributed by atoms with Crippen LogP contribution in [0.3, 0.4) is 0 Å². The third-order valence-electron chi connectivity index (χ3n) is 4.94. The largest absolute Gasteiger partial charge is 0.368 e. The number of hydrogen-bond acceptors (Lipinski definition) is 4. The predicted molar refractivity (Wildman–Crippen MR) is 95.8 cm³/mol. The number of nitrogens with one attached hydrogen (secondary N) is 2. The molecule has 2 aliphatic rings. The predicted octanol–water partition coefficient (Wildman–Crippen LogP) is 3.41. The molecule has 1 saturated heterocycles. The third-order valence-corrected chi connectivity index (χ3v) is 6.00. The van der Waals surface area contributed by atoms with E-state index in [9.17, 15) is 9.59 Å². The van der Waals surface area contributed by atoms with E-state index in [1.165, 1.54) is 24.2 Å². The van der Waals surface area contributed by atoms with Crippen LogP contribution in [0.15, 0.2) is 0 Å². The molecule has 24 heavy (non-hydrogen) atoms. The lowest BCUT2D eigenvalue weighted by Gasteiger charge is -2.15. The van der Waals surface area contributed by atoms with Gasteiger partial charge in [0.25, 0.3) is 11.8 Å². The van der Waals surface area contributed by atoms with Crippen LogP contribution in [-0.2, 0) is 16.0 Å². The Labute approximate surface area is 147 Å². The van der Waals surface area contributed by atoms with Crippen LogP contribution in [0.2, 0.25) is 0 Å². The molecule has 3 rings (SSSR count). The van der Waals surface area contributed by atoms with Gasteiger partial charge in [-0.3, -0.25) is 9.59 Å². The minimum Gasteiger partial charge on any atom is -0.368 e. The monoisotopic (exact) mass is 350 g/mol. The quantitative estimate of drug-likeness (QED) is 0.855. The first-order valence-corrected chi connectivity index (χ1v) is 9.77. The van der Waals surface area contributed by atoms with E-state index in [0.29, 0.717) is 17.2 Å². The molecular weight excluding hydrogens is 324 g/mol. The fourth-order valence-corrected chi connectivity index (χ4v) is 4.78. The summed E-state index contributed by atoms with van der Waals surface area (Å²) in [6.45, 7) is 4.70. The molecule has 1 aliphatic heterocycles. The molecule has 0 radical (unpaired) electrons. The van der Waals surface area contributed by atoms with Gasteiger partial charge in [0.2, 0.25) is 0 Å². The highest BCUT2D eigenvalue weighted by molar-refractivity contribution is 7.16. The highest BCUT2D eigenvalue weighted by Gasteiger charge is 2.28. The summed E-state index contributed by atoms with van der Waals surface area (Å²) >= 11 is 1.49. The van der Waals surface area contributed by atoms with Gasteiger partial charge in [0.05, 0.1) is 5.56 Å². The van der Waals surface area contributed by atoms with Crippen LogP contribution >= 0.6 is 11.3 Å². The second kappa shape index (κ2) is 7.66. The van der Waals surface area contributed by atoms with E-state index in [0.717, 1.165) is 42.5 Å². The van der Waals surface area contributed by atoms with Crippen LogP contribution in [0.5, 0.6) is 0 Å². The van der Waals surface area contributed by atoms with Crippen molar-refractivity contribution in [2.75, 3.05) is 11.9 Å². The molecule has 2 N–H and O–H groups in total. The molecule has 1 atom stereocenters. The third kappa shape index (κ3) is 3.64. The van der Waals surface area contributed by atoms with Crippen molar-refractivity contribution in [1.29, 1.82) is 0 Å². The van der Waals surface area contributed by atoms with Gasteiger partial charge in [0.15, 0.2) is 0 Å². The Bertz CT molecular complexity index is 614.